The van der Waals surface area contributed by atoms with Gasteiger partial charge in [0.1, 0.15) is 18.5 Å². The van der Waals surface area contributed by atoms with Gasteiger partial charge in [-0.05, 0) is 25.1 Å². The molecule has 41 heavy (non-hydrogen) atoms. The van der Waals surface area contributed by atoms with Crippen molar-refractivity contribution in [1.82, 2.24) is 19.4 Å². The third kappa shape index (κ3) is 8.01. The summed E-state index contributed by atoms with van der Waals surface area (Å²) in [7, 11) is 1.49. The van der Waals surface area contributed by atoms with E-state index in [1.165, 1.54) is 35.7 Å². The molecule has 15 heteroatoms. The minimum absolute atomic E-state index is 0.0134. The Labute approximate surface area is 236 Å². The number of ether oxygens (including phenoxy) is 4. The number of halogens is 3. The molecule has 1 atom stereocenters. The lowest BCUT2D eigenvalue weighted by Crippen LogP contribution is -2.36. The van der Waals surface area contributed by atoms with E-state index in [1.807, 2.05) is 0 Å². The predicted octanol–water partition coefficient (Wildman–Crippen LogP) is 4.22. The lowest BCUT2D eigenvalue weighted by Gasteiger charge is -2.22. The standard InChI is InChI=1S/C26H29F3N4O7S/c1-17-20(30-10-7-22(17)39-16-26(27,28)29)15-41(36)23-31-19-5-3-4-6-21(19)33(23)24(34)32(2)11-14-38-25(35)40-18-8-12-37-13-9-18/h3-7,10,18H,8-9,11-16H2,1-2H3/t41-/m1/s1. The number of imidazole rings is 1. The lowest BCUT2D eigenvalue weighted by atomic mass is 10.2. The van der Waals surface area contributed by atoms with Gasteiger partial charge in [-0.2, -0.15) is 18.2 Å². The Morgan fingerprint density at radius 2 is 1.95 bits per heavy atom. The zero-order valence-corrected chi connectivity index (χ0v) is 23.2. The third-order valence-electron chi connectivity index (χ3n) is 6.25. The number of hydrogen-bond donors (Lipinski definition) is 0. The van der Waals surface area contributed by atoms with E-state index in [1.54, 1.807) is 24.3 Å². The van der Waals surface area contributed by atoms with E-state index in [-0.39, 0.29) is 41.6 Å². The second-order valence-corrected chi connectivity index (χ2v) is 10.6. The van der Waals surface area contributed by atoms with Crippen LogP contribution in [0.25, 0.3) is 11.0 Å². The number of rotatable bonds is 9. The Hall–Kier alpha value is -3.56. The molecule has 222 valence electrons. The number of nitrogens with zero attached hydrogens (tertiary/aromatic N) is 4. The van der Waals surface area contributed by atoms with Crippen molar-refractivity contribution >= 4 is 34.4 Å². The maximum absolute atomic E-state index is 13.5. The summed E-state index contributed by atoms with van der Waals surface area (Å²) in [5, 5.41) is -0.0642. The van der Waals surface area contributed by atoms with Crippen molar-refractivity contribution in [3.63, 3.8) is 0 Å². The van der Waals surface area contributed by atoms with Crippen LogP contribution in [0, 0.1) is 6.92 Å². The van der Waals surface area contributed by atoms with Crippen molar-refractivity contribution in [3.05, 3.63) is 47.8 Å². The highest BCUT2D eigenvalue weighted by molar-refractivity contribution is 7.90. The van der Waals surface area contributed by atoms with Crippen molar-refractivity contribution in [2.75, 3.05) is 40.0 Å². The van der Waals surface area contributed by atoms with Crippen LogP contribution in [0.4, 0.5) is 22.8 Å². The lowest BCUT2D eigenvalue weighted by molar-refractivity contribution is -0.153. The van der Waals surface area contributed by atoms with Gasteiger partial charge in [0, 0.05) is 42.8 Å². The minimum Gasteiger partial charge on any atom is -0.609 e. The second kappa shape index (κ2) is 13.4. The zero-order chi connectivity index (χ0) is 29.6. The smallest absolute Gasteiger partial charge is 0.508 e. The summed E-state index contributed by atoms with van der Waals surface area (Å²) in [6.45, 7) is 0.923. The monoisotopic (exact) mass is 598 g/mol. The fourth-order valence-electron chi connectivity index (χ4n) is 4.05. The highest BCUT2D eigenvalue weighted by atomic mass is 32.2. The summed E-state index contributed by atoms with van der Waals surface area (Å²) in [5.41, 5.74) is 1.35. The van der Waals surface area contributed by atoms with E-state index in [0.717, 1.165) is 0 Å². The molecule has 0 unspecified atom stereocenters. The number of hydrogen-bond acceptors (Lipinski definition) is 9. The van der Waals surface area contributed by atoms with Gasteiger partial charge in [-0.3, -0.25) is 4.98 Å². The Morgan fingerprint density at radius 3 is 2.68 bits per heavy atom. The Bertz CT molecular complexity index is 1360. The Kier molecular flexibility index (Phi) is 9.94. The molecule has 3 heterocycles. The fourth-order valence-corrected chi connectivity index (χ4v) is 5.30. The molecular formula is C26H29F3N4O7S. The van der Waals surface area contributed by atoms with Crippen LogP contribution >= 0.6 is 0 Å². The summed E-state index contributed by atoms with van der Waals surface area (Å²) in [6.07, 6.45) is -3.20. The number of fused-ring (bicyclic) bond motifs is 1. The molecule has 1 saturated heterocycles. The van der Waals surface area contributed by atoms with Crippen molar-refractivity contribution < 1.29 is 46.3 Å². The number of likely N-dealkylation sites (N-methyl/N-ethyl adjacent to an activating group) is 1. The number of pyridine rings is 1. The highest BCUT2D eigenvalue weighted by Gasteiger charge is 2.31. The molecular weight excluding hydrogens is 569 g/mol. The van der Waals surface area contributed by atoms with Gasteiger partial charge < -0.3 is 28.4 Å². The summed E-state index contributed by atoms with van der Waals surface area (Å²) < 4.78 is 73.1. The van der Waals surface area contributed by atoms with Crippen LogP contribution in [-0.4, -0.2) is 88.5 Å². The van der Waals surface area contributed by atoms with Crippen LogP contribution in [0.3, 0.4) is 0 Å². The average molecular weight is 599 g/mol. The fraction of sp³-hybridized carbons (Fsp3) is 0.462. The van der Waals surface area contributed by atoms with E-state index < -0.39 is 36.1 Å². The quantitative estimate of drug-likeness (QED) is 0.263. The van der Waals surface area contributed by atoms with Crippen LogP contribution < -0.4 is 4.74 Å². The van der Waals surface area contributed by atoms with Crippen LogP contribution in [0.1, 0.15) is 24.1 Å². The first-order valence-electron chi connectivity index (χ1n) is 12.7. The van der Waals surface area contributed by atoms with Gasteiger partial charge >= 0.3 is 23.5 Å². The van der Waals surface area contributed by atoms with Crippen LogP contribution in [0.15, 0.2) is 41.7 Å². The summed E-state index contributed by atoms with van der Waals surface area (Å²) in [6, 6.07) is 7.43. The first-order chi connectivity index (χ1) is 19.5. The molecule has 0 N–H and O–H groups in total. The molecule has 1 aliphatic heterocycles. The van der Waals surface area contributed by atoms with Crippen molar-refractivity contribution in [1.29, 1.82) is 0 Å². The molecule has 1 amide bonds. The van der Waals surface area contributed by atoms with Gasteiger partial charge in [0.15, 0.2) is 12.4 Å². The maximum Gasteiger partial charge on any atom is 0.508 e. The van der Waals surface area contributed by atoms with Crippen LogP contribution in [0.5, 0.6) is 5.75 Å². The molecule has 2 aromatic heterocycles. The molecule has 0 bridgehead atoms. The first kappa shape index (κ1) is 30.4. The Balaban J connectivity index is 1.46. The van der Waals surface area contributed by atoms with E-state index >= 15 is 0 Å². The van der Waals surface area contributed by atoms with E-state index in [2.05, 4.69) is 9.97 Å². The number of carbonyl (C=O) groups is 2. The molecule has 3 aromatic rings. The molecule has 0 saturated carbocycles. The topological polar surface area (TPSA) is 128 Å². The van der Waals surface area contributed by atoms with Crippen molar-refractivity contribution in [2.24, 2.45) is 0 Å². The zero-order valence-electron chi connectivity index (χ0n) is 22.4. The summed E-state index contributed by atoms with van der Waals surface area (Å²) >= 11 is -1.92. The van der Waals surface area contributed by atoms with Crippen molar-refractivity contribution in [2.45, 2.75) is 43.0 Å². The molecule has 0 aliphatic carbocycles. The molecule has 1 fully saturated rings. The predicted molar refractivity (Wildman–Crippen MR) is 140 cm³/mol. The number of aromatic nitrogens is 3. The van der Waals surface area contributed by atoms with Gasteiger partial charge in [-0.15, -0.1) is 0 Å². The van der Waals surface area contributed by atoms with Gasteiger partial charge in [-0.25, -0.2) is 14.2 Å². The Morgan fingerprint density at radius 1 is 1.22 bits per heavy atom. The number of carbonyl (C=O) groups excluding carboxylic acids is 2. The number of alkyl halides is 3. The minimum atomic E-state index is -4.52. The number of amides is 1. The van der Waals surface area contributed by atoms with Crippen LogP contribution in [0.2, 0.25) is 0 Å². The van der Waals surface area contributed by atoms with E-state index in [4.69, 9.17) is 18.9 Å². The van der Waals surface area contributed by atoms with Gasteiger partial charge in [0.2, 0.25) is 0 Å². The molecule has 0 spiro atoms. The molecule has 0 radical (unpaired) electrons. The van der Waals surface area contributed by atoms with Gasteiger partial charge in [-0.1, -0.05) is 12.1 Å². The highest BCUT2D eigenvalue weighted by Crippen LogP contribution is 2.27. The normalized spacial score (nSPS) is 15.0. The number of para-hydroxylation sites is 2. The SMILES string of the molecule is Cc1c(OCC(F)(F)F)ccnc1C[S@@+]([O-])c1nc2ccccc2n1C(=O)N(C)CCOC(=O)OC1CCOCC1. The molecule has 4 rings (SSSR count). The summed E-state index contributed by atoms with van der Waals surface area (Å²) in [4.78, 5) is 35.3. The van der Waals surface area contributed by atoms with E-state index in [0.29, 0.717) is 42.7 Å². The molecule has 1 aromatic carbocycles. The molecule has 1 aliphatic rings. The first-order valence-corrected chi connectivity index (χ1v) is 14.0. The van der Waals surface area contributed by atoms with Crippen molar-refractivity contribution in [3.8, 4) is 5.75 Å². The maximum atomic E-state index is 13.5. The van der Waals surface area contributed by atoms with E-state index in [9.17, 15) is 27.3 Å². The van der Waals surface area contributed by atoms with Gasteiger partial charge in [0.05, 0.1) is 36.5 Å². The second-order valence-electron chi connectivity index (χ2n) is 9.23. The third-order valence-corrected chi connectivity index (χ3v) is 7.46. The summed E-state index contributed by atoms with van der Waals surface area (Å²) in [5.74, 6) is -0.264. The number of benzene rings is 1. The average Bonchev–Trinajstić information content (AvgIpc) is 3.33. The molecule has 11 nitrogen and oxygen atoms in total. The van der Waals surface area contributed by atoms with Gasteiger partial charge in [0.25, 0.3) is 0 Å². The van der Waals surface area contributed by atoms with Crippen LogP contribution in [-0.2, 0) is 31.1 Å². The largest absolute Gasteiger partial charge is 0.609 e.